The summed E-state index contributed by atoms with van der Waals surface area (Å²) in [5.74, 6) is -4.77. The third kappa shape index (κ3) is 16.2. The first kappa shape index (κ1) is 63.2. The molecule has 7 rings (SSSR count). The van der Waals surface area contributed by atoms with Crippen molar-refractivity contribution in [3.8, 4) is 16.2 Å². The number of H-pyrrole nitrogens is 1. The van der Waals surface area contributed by atoms with Gasteiger partial charge in [0, 0.05) is 59.8 Å². The number of hydrogen-bond donors (Lipinski definition) is 5. The smallest absolute Gasteiger partial charge is 0.328 e. The molecule has 446 valence electrons. The van der Waals surface area contributed by atoms with E-state index in [9.17, 15) is 24.0 Å². The van der Waals surface area contributed by atoms with E-state index >= 15 is 13.2 Å². The fourth-order valence-electron chi connectivity index (χ4n) is 10.2. The van der Waals surface area contributed by atoms with E-state index in [0.29, 0.717) is 12.1 Å². The molecule has 2 aliphatic heterocycles. The van der Waals surface area contributed by atoms with Crippen molar-refractivity contribution in [1.29, 1.82) is 0 Å². The number of esters is 1. The van der Waals surface area contributed by atoms with Crippen LogP contribution >= 0.6 is 11.3 Å². The molecule has 0 radical (unpaired) electrons. The Morgan fingerprint density at radius 1 is 0.890 bits per heavy atom. The van der Waals surface area contributed by atoms with Crippen LogP contribution in [-0.4, -0.2) is 151 Å². The topological polar surface area (TPSA) is 229 Å². The summed E-state index contributed by atoms with van der Waals surface area (Å²) in [4.78, 5) is 79.7. The van der Waals surface area contributed by atoms with Crippen LogP contribution in [0.1, 0.15) is 103 Å². The molecule has 0 bridgehead atoms. The Morgan fingerprint density at radius 3 is 2.16 bits per heavy atom. The van der Waals surface area contributed by atoms with Gasteiger partial charge in [0.05, 0.1) is 67.7 Å². The second-order valence-corrected chi connectivity index (χ2v) is 24.0. The number of alkyl halides is 1. The number of carbonyl (C=O) groups excluding carboxylic acids is 5. The van der Waals surface area contributed by atoms with Gasteiger partial charge in [0.1, 0.15) is 60.5 Å². The van der Waals surface area contributed by atoms with Crippen LogP contribution in [-0.2, 0) is 55.9 Å². The van der Waals surface area contributed by atoms with Gasteiger partial charge in [-0.1, -0.05) is 77.1 Å². The van der Waals surface area contributed by atoms with E-state index in [1.54, 1.807) is 40.1 Å². The molecule has 1 unspecified atom stereocenters. The number of ether oxygens (including phenoxy) is 5. The number of nitrogens with two attached hydrogens (primary N) is 1. The van der Waals surface area contributed by atoms with Gasteiger partial charge >= 0.3 is 5.97 Å². The van der Waals surface area contributed by atoms with Crippen LogP contribution < -0.4 is 26.4 Å². The predicted octanol–water partition coefficient (Wildman–Crippen LogP) is 7.24. The van der Waals surface area contributed by atoms with Gasteiger partial charge < -0.3 is 55.3 Å². The molecule has 2 aromatic heterocycles. The minimum Gasteiger partial charge on any atom is -0.491 e. The van der Waals surface area contributed by atoms with Crippen LogP contribution in [0.25, 0.3) is 21.3 Å². The third-order valence-corrected chi connectivity index (χ3v) is 15.6. The number of fused-ring (bicyclic) bond motifs is 3. The van der Waals surface area contributed by atoms with E-state index in [1.165, 1.54) is 37.0 Å². The molecule has 1 saturated heterocycles. The van der Waals surface area contributed by atoms with Crippen molar-refractivity contribution in [3.05, 3.63) is 106 Å². The number of aromatic amines is 1. The van der Waals surface area contributed by atoms with Crippen molar-refractivity contribution in [1.82, 2.24) is 35.7 Å². The SMILES string of the molecule is Cc1ncsc1-c1ccc(CNC(=O)[C@@H]2C[C@@H](OC(=O)[C@H](C)NC(=O)[C@@H](N)C(C)C)CN2C(=O)[C@@H](NC(=O)COCCOCCOCCOc2cc(F)c(C3c4[nH]c5ccccc5c4C[C@@H](C)N3CC(C)(C)F)c(F)c2)C(C)(C)C)cc1. The Bertz CT molecular complexity index is 2990. The van der Waals surface area contributed by atoms with Crippen LogP contribution in [0.2, 0.25) is 0 Å². The second kappa shape index (κ2) is 27.8. The van der Waals surface area contributed by atoms with Crippen LogP contribution in [0.5, 0.6) is 5.75 Å². The maximum absolute atomic E-state index is 16.1. The highest BCUT2D eigenvalue weighted by Gasteiger charge is 2.47. The number of likely N-dealkylation sites (tertiary alicyclic amines) is 1. The van der Waals surface area contributed by atoms with Crippen molar-refractivity contribution in [2.75, 3.05) is 59.3 Å². The Balaban J connectivity index is 0.865. The lowest BCUT2D eigenvalue weighted by Gasteiger charge is -2.43. The Hall–Kier alpha value is -6.43. The number of hydrogen-bond acceptors (Lipinski definition) is 14. The quantitative estimate of drug-likeness (QED) is 0.0272. The number of thiazole rings is 1. The molecule has 6 N–H and O–H groups in total. The second-order valence-electron chi connectivity index (χ2n) is 23.2. The Kier molecular flexibility index (Phi) is 21.4. The molecule has 22 heteroatoms. The first-order valence-electron chi connectivity index (χ1n) is 27.8. The number of nitrogens with one attached hydrogen (secondary N) is 4. The number of amides is 4. The first-order valence-corrected chi connectivity index (χ1v) is 28.7. The molecule has 4 heterocycles. The highest BCUT2D eigenvalue weighted by Crippen LogP contribution is 2.44. The average Bonchev–Trinajstić information content (AvgIpc) is 4.15. The summed E-state index contributed by atoms with van der Waals surface area (Å²) < 4.78 is 75.6. The molecule has 2 aliphatic rings. The predicted molar refractivity (Wildman–Crippen MR) is 305 cm³/mol. The van der Waals surface area contributed by atoms with Crippen molar-refractivity contribution < 1.29 is 60.8 Å². The average molecular weight is 1160 g/mol. The summed E-state index contributed by atoms with van der Waals surface area (Å²) in [6, 6.07) is 12.4. The maximum Gasteiger partial charge on any atom is 0.328 e. The van der Waals surface area contributed by atoms with Gasteiger partial charge in [-0.2, -0.15) is 0 Å². The van der Waals surface area contributed by atoms with Crippen molar-refractivity contribution >= 4 is 51.8 Å². The number of benzene rings is 3. The number of rotatable bonds is 26. The molecule has 7 atom stereocenters. The standard InChI is InChI=1S/C60H79F3N8O10S/c1-34(2)50(64)56(74)67-37(5)58(76)81-41-28-47(55(73)65-29-38-15-17-39(18-16-38)53-36(4)66-33-82-53)70(30-41)57(75)54(59(6,7)8)69-48(72)31-79-22-21-77-19-20-78-23-24-80-40-26-44(61)49(45(62)27-40)52-51-43(42-13-11-12-14-46(42)68-51)25-35(3)71(52)32-60(9,10)63/h11-18,26-27,33-35,37,41,47,50,52,54,68H,19-25,28-32,64H2,1-10H3,(H,65,73)(H,67,74)(H,69,72)/t35-,37+,41-,47+,50+,52?,54-/m1/s1. The van der Waals surface area contributed by atoms with Gasteiger partial charge in [-0.15, -0.1) is 11.3 Å². The van der Waals surface area contributed by atoms with Crippen LogP contribution in [0.4, 0.5) is 13.2 Å². The van der Waals surface area contributed by atoms with Gasteiger partial charge in [-0.25, -0.2) is 22.9 Å². The largest absolute Gasteiger partial charge is 0.491 e. The normalized spacial score (nSPS) is 18.7. The summed E-state index contributed by atoms with van der Waals surface area (Å²) in [6.45, 7) is 17.2. The molecule has 1 fully saturated rings. The molecule has 5 aromatic rings. The van der Waals surface area contributed by atoms with Crippen LogP contribution in [0.3, 0.4) is 0 Å². The van der Waals surface area contributed by atoms with E-state index in [2.05, 4.69) is 25.9 Å². The minimum atomic E-state index is -1.63. The molecule has 0 spiro atoms. The van der Waals surface area contributed by atoms with Gasteiger partial charge in [0.15, 0.2) is 0 Å². The molecule has 4 amide bonds. The monoisotopic (exact) mass is 1160 g/mol. The van der Waals surface area contributed by atoms with E-state index in [4.69, 9.17) is 29.4 Å². The zero-order valence-electron chi connectivity index (χ0n) is 48.5. The highest BCUT2D eigenvalue weighted by atomic mass is 32.1. The van der Waals surface area contributed by atoms with E-state index < -0.39 is 95.2 Å². The molecule has 82 heavy (non-hydrogen) atoms. The van der Waals surface area contributed by atoms with Crippen LogP contribution in [0, 0.1) is 29.9 Å². The lowest BCUT2D eigenvalue weighted by Crippen LogP contribution is -2.58. The third-order valence-electron chi connectivity index (χ3n) is 14.6. The minimum absolute atomic E-state index is 0.0121. The molecular weight excluding hydrogens is 1080 g/mol. The maximum atomic E-state index is 16.1. The Labute approximate surface area is 481 Å². The van der Waals surface area contributed by atoms with Gasteiger partial charge in [0.25, 0.3) is 0 Å². The van der Waals surface area contributed by atoms with Crippen molar-refractivity contribution in [3.63, 3.8) is 0 Å². The van der Waals surface area contributed by atoms with E-state index in [1.807, 2.05) is 67.3 Å². The summed E-state index contributed by atoms with van der Waals surface area (Å²) in [5, 5.41) is 9.26. The zero-order valence-corrected chi connectivity index (χ0v) is 49.3. The molecule has 0 saturated carbocycles. The number of carbonyl (C=O) groups is 5. The first-order chi connectivity index (χ1) is 38.8. The van der Waals surface area contributed by atoms with Gasteiger partial charge in [-0.05, 0) is 75.1 Å². The molecule has 0 aliphatic carbocycles. The van der Waals surface area contributed by atoms with Gasteiger partial charge in [-0.3, -0.25) is 24.1 Å². The molecule has 3 aromatic carbocycles. The van der Waals surface area contributed by atoms with Gasteiger partial charge in [0.2, 0.25) is 23.6 Å². The summed E-state index contributed by atoms with van der Waals surface area (Å²) in [6.07, 6.45) is -0.376. The number of aryl methyl sites for hydroxylation is 1. The number of aromatic nitrogens is 2. The lowest BCUT2D eigenvalue weighted by molar-refractivity contribution is -0.153. The van der Waals surface area contributed by atoms with E-state index in [0.717, 1.165) is 50.3 Å². The van der Waals surface area contributed by atoms with Crippen molar-refractivity contribution in [2.45, 2.75) is 137 Å². The highest BCUT2D eigenvalue weighted by molar-refractivity contribution is 7.13. The fourth-order valence-corrected chi connectivity index (χ4v) is 11.0. The number of para-hydroxylation sites is 1. The molecule has 18 nitrogen and oxygen atoms in total. The number of nitrogens with zero attached hydrogens (tertiary/aromatic N) is 3. The van der Waals surface area contributed by atoms with Crippen molar-refractivity contribution in [2.24, 2.45) is 17.1 Å². The number of halogens is 3. The zero-order chi connectivity index (χ0) is 59.6. The molecular formula is C60H79F3N8O10S. The fraction of sp³-hybridized carbons (Fsp3) is 0.533. The van der Waals surface area contributed by atoms with Crippen LogP contribution in [0.15, 0.2) is 66.2 Å². The van der Waals surface area contributed by atoms with E-state index in [-0.39, 0.29) is 89.0 Å². The summed E-state index contributed by atoms with van der Waals surface area (Å²) in [5.41, 5.74) is 10.2. The summed E-state index contributed by atoms with van der Waals surface area (Å²) in [7, 11) is 0. The Morgan fingerprint density at radius 2 is 1.54 bits per heavy atom. The summed E-state index contributed by atoms with van der Waals surface area (Å²) >= 11 is 1.53. The lowest BCUT2D eigenvalue weighted by atomic mass is 9.85.